The van der Waals surface area contributed by atoms with Gasteiger partial charge in [-0.3, -0.25) is 19.7 Å². The molecule has 0 aromatic carbocycles. The summed E-state index contributed by atoms with van der Waals surface area (Å²) in [5, 5.41) is 6.71. The van der Waals surface area contributed by atoms with Crippen molar-refractivity contribution >= 4 is 18.2 Å². The first-order valence-electron chi connectivity index (χ1n) is 3.51. The topological polar surface area (TPSA) is 87.3 Å². The van der Waals surface area contributed by atoms with Crippen molar-refractivity contribution in [2.45, 2.75) is 0 Å². The molecule has 0 aliphatic carbocycles. The molecular weight excluding hydrogens is 174 g/mol. The van der Waals surface area contributed by atoms with Crippen molar-refractivity contribution in [1.82, 2.24) is 16.0 Å². The predicted octanol–water partition coefficient (Wildman–Crippen LogP) is -1.89. The Morgan fingerprint density at radius 3 is 2.15 bits per heavy atom. The molecule has 0 radical (unpaired) electrons. The molecule has 0 saturated heterocycles. The molecule has 13 heavy (non-hydrogen) atoms. The van der Waals surface area contributed by atoms with Crippen molar-refractivity contribution < 1.29 is 14.4 Å². The third-order valence-corrected chi connectivity index (χ3v) is 1.22. The SMILES string of the molecule is CNC(=O)/C(=C/C(=O)NC=O)NC. The molecule has 3 amide bonds. The Hall–Kier alpha value is -1.85. The highest BCUT2D eigenvalue weighted by molar-refractivity contribution is 6.02. The molecule has 72 valence electrons. The molecule has 0 atom stereocenters. The Kier molecular flexibility index (Phi) is 4.94. The third kappa shape index (κ3) is 3.90. The lowest BCUT2D eigenvalue weighted by molar-refractivity contribution is -0.122. The van der Waals surface area contributed by atoms with Crippen molar-refractivity contribution in [2.75, 3.05) is 14.1 Å². The van der Waals surface area contributed by atoms with Crippen molar-refractivity contribution in [3.63, 3.8) is 0 Å². The fourth-order valence-electron chi connectivity index (χ4n) is 0.617. The predicted molar refractivity (Wildman–Crippen MR) is 45.4 cm³/mol. The Labute approximate surface area is 75.4 Å². The van der Waals surface area contributed by atoms with Gasteiger partial charge in [-0.2, -0.15) is 0 Å². The second kappa shape index (κ2) is 5.76. The Morgan fingerprint density at radius 2 is 1.77 bits per heavy atom. The molecule has 0 fully saturated rings. The number of amides is 3. The zero-order valence-corrected chi connectivity index (χ0v) is 7.38. The summed E-state index contributed by atoms with van der Waals surface area (Å²) in [6.45, 7) is 0. The van der Waals surface area contributed by atoms with Crippen LogP contribution in [0.1, 0.15) is 0 Å². The number of carbonyl (C=O) groups is 3. The van der Waals surface area contributed by atoms with Gasteiger partial charge < -0.3 is 10.6 Å². The number of hydrogen-bond donors (Lipinski definition) is 3. The molecule has 0 bridgehead atoms. The summed E-state index contributed by atoms with van der Waals surface area (Å²) < 4.78 is 0. The molecular formula is C7H11N3O3. The molecule has 0 spiro atoms. The zero-order chi connectivity index (χ0) is 10.3. The first kappa shape index (κ1) is 11.2. The van der Waals surface area contributed by atoms with Gasteiger partial charge in [-0.15, -0.1) is 0 Å². The highest BCUT2D eigenvalue weighted by Crippen LogP contribution is 1.86. The van der Waals surface area contributed by atoms with Crippen molar-refractivity contribution in [2.24, 2.45) is 0 Å². The standard InChI is InChI=1S/C7H11N3O3/c1-8-5(7(13)9-2)3-6(12)10-4-11/h3-4,8H,1-2H3,(H,9,13)(H,10,11,12)/b5-3-. The fraction of sp³-hybridized carbons (Fsp3) is 0.286. The van der Waals surface area contributed by atoms with E-state index in [-0.39, 0.29) is 12.1 Å². The van der Waals surface area contributed by atoms with Crippen LogP contribution in [0, 0.1) is 0 Å². The summed E-state index contributed by atoms with van der Waals surface area (Å²) in [6.07, 6.45) is 1.24. The fourth-order valence-corrected chi connectivity index (χ4v) is 0.617. The average Bonchev–Trinajstić information content (AvgIpc) is 2.13. The summed E-state index contributed by atoms with van der Waals surface area (Å²) in [5.74, 6) is -1.08. The van der Waals surface area contributed by atoms with Crippen LogP contribution in [0.4, 0.5) is 0 Å². The Morgan fingerprint density at radius 1 is 1.15 bits per heavy atom. The van der Waals surface area contributed by atoms with Gasteiger partial charge in [-0.05, 0) is 0 Å². The van der Waals surface area contributed by atoms with E-state index in [9.17, 15) is 14.4 Å². The minimum absolute atomic E-state index is 0.0850. The van der Waals surface area contributed by atoms with E-state index in [0.717, 1.165) is 6.08 Å². The van der Waals surface area contributed by atoms with E-state index in [0.29, 0.717) is 0 Å². The van der Waals surface area contributed by atoms with Gasteiger partial charge in [0.1, 0.15) is 5.70 Å². The van der Waals surface area contributed by atoms with Gasteiger partial charge in [0.15, 0.2) is 0 Å². The number of rotatable bonds is 4. The minimum atomic E-state index is -0.650. The number of hydrogen-bond acceptors (Lipinski definition) is 4. The number of likely N-dealkylation sites (N-methyl/N-ethyl adjacent to an activating group) is 2. The number of nitrogens with one attached hydrogen (secondary N) is 3. The summed E-state index contributed by atoms with van der Waals surface area (Å²) in [5.41, 5.74) is 0.0850. The van der Waals surface area contributed by atoms with E-state index in [1.807, 2.05) is 5.32 Å². The van der Waals surface area contributed by atoms with E-state index in [2.05, 4.69) is 10.6 Å². The molecule has 0 saturated carbocycles. The van der Waals surface area contributed by atoms with Gasteiger partial charge in [0.25, 0.3) is 11.8 Å². The number of imide groups is 1. The van der Waals surface area contributed by atoms with E-state index in [1.165, 1.54) is 14.1 Å². The number of carbonyl (C=O) groups excluding carboxylic acids is 3. The smallest absolute Gasteiger partial charge is 0.267 e. The van der Waals surface area contributed by atoms with Crippen LogP contribution in [0.2, 0.25) is 0 Å². The van der Waals surface area contributed by atoms with Gasteiger partial charge >= 0.3 is 0 Å². The lowest BCUT2D eigenvalue weighted by Gasteiger charge is -2.03. The molecule has 0 heterocycles. The largest absolute Gasteiger partial charge is 0.384 e. The van der Waals surface area contributed by atoms with Crippen LogP contribution >= 0.6 is 0 Å². The van der Waals surface area contributed by atoms with Crippen LogP contribution in [-0.4, -0.2) is 32.3 Å². The monoisotopic (exact) mass is 185 g/mol. The molecule has 0 aliphatic rings. The second-order valence-electron chi connectivity index (χ2n) is 2.01. The van der Waals surface area contributed by atoms with Gasteiger partial charge in [-0.1, -0.05) is 0 Å². The first-order chi connectivity index (χ1) is 6.15. The lowest BCUT2D eigenvalue weighted by Crippen LogP contribution is -2.29. The van der Waals surface area contributed by atoms with Crippen LogP contribution in [0.3, 0.4) is 0 Å². The second-order valence-corrected chi connectivity index (χ2v) is 2.01. The van der Waals surface area contributed by atoms with E-state index in [4.69, 9.17) is 0 Å². The van der Waals surface area contributed by atoms with Gasteiger partial charge in [0.05, 0.1) is 0 Å². The molecule has 6 heteroatoms. The summed E-state index contributed by atoms with van der Waals surface area (Å²) in [6, 6.07) is 0. The summed E-state index contributed by atoms with van der Waals surface area (Å²) in [4.78, 5) is 31.6. The maximum Gasteiger partial charge on any atom is 0.267 e. The van der Waals surface area contributed by atoms with Gasteiger partial charge in [0, 0.05) is 20.2 Å². The van der Waals surface area contributed by atoms with Crippen LogP contribution < -0.4 is 16.0 Å². The van der Waals surface area contributed by atoms with E-state index >= 15 is 0 Å². The molecule has 0 aromatic rings. The van der Waals surface area contributed by atoms with Crippen molar-refractivity contribution in [3.05, 3.63) is 11.8 Å². The molecule has 0 unspecified atom stereocenters. The Bertz CT molecular complexity index is 247. The summed E-state index contributed by atoms with van der Waals surface area (Å²) in [7, 11) is 2.93. The van der Waals surface area contributed by atoms with Crippen molar-refractivity contribution in [1.29, 1.82) is 0 Å². The van der Waals surface area contributed by atoms with Crippen molar-refractivity contribution in [3.8, 4) is 0 Å². The third-order valence-electron chi connectivity index (χ3n) is 1.22. The van der Waals surface area contributed by atoms with E-state index < -0.39 is 11.8 Å². The van der Waals surface area contributed by atoms with E-state index in [1.54, 1.807) is 0 Å². The van der Waals surface area contributed by atoms with Gasteiger partial charge in [0.2, 0.25) is 6.41 Å². The summed E-state index contributed by atoms with van der Waals surface area (Å²) >= 11 is 0. The minimum Gasteiger partial charge on any atom is -0.384 e. The zero-order valence-electron chi connectivity index (χ0n) is 7.38. The van der Waals surface area contributed by atoms with Crippen LogP contribution in [0.15, 0.2) is 11.8 Å². The van der Waals surface area contributed by atoms with Gasteiger partial charge in [-0.25, -0.2) is 0 Å². The molecule has 0 aromatic heterocycles. The average molecular weight is 185 g/mol. The first-order valence-corrected chi connectivity index (χ1v) is 3.51. The van der Waals surface area contributed by atoms with Crippen LogP contribution in [0.5, 0.6) is 0 Å². The highest BCUT2D eigenvalue weighted by Gasteiger charge is 2.06. The Balaban J connectivity index is 4.46. The highest BCUT2D eigenvalue weighted by atomic mass is 16.2. The molecule has 0 rings (SSSR count). The molecule has 6 nitrogen and oxygen atoms in total. The quantitative estimate of drug-likeness (QED) is 0.353. The molecule has 3 N–H and O–H groups in total. The maximum atomic E-state index is 11.0. The van der Waals surface area contributed by atoms with Crippen LogP contribution in [0.25, 0.3) is 0 Å². The van der Waals surface area contributed by atoms with Crippen LogP contribution in [-0.2, 0) is 14.4 Å². The normalized spacial score (nSPS) is 10.2. The maximum absolute atomic E-state index is 11.0. The molecule has 0 aliphatic heterocycles. The lowest BCUT2D eigenvalue weighted by atomic mass is 10.3.